The van der Waals surface area contributed by atoms with E-state index in [9.17, 15) is 19.5 Å². The van der Waals surface area contributed by atoms with Crippen LogP contribution in [0.5, 0.6) is 0 Å². The third-order valence-corrected chi connectivity index (χ3v) is 6.41. The Hall–Kier alpha value is -3.61. The van der Waals surface area contributed by atoms with Gasteiger partial charge in [-0.25, -0.2) is 4.79 Å². The number of amides is 2. The van der Waals surface area contributed by atoms with Gasteiger partial charge in [-0.3, -0.25) is 9.59 Å². The summed E-state index contributed by atoms with van der Waals surface area (Å²) < 4.78 is 5.50. The van der Waals surface area contributed by atoms with Crippen LogP contribution in [-0.4, -0.2) is 53.7 Å². The van der Waals surface area contributed by atoms with E-state index in [4.69, 9.17) is 4.74 Å². The molecule has 2 aliphatic rings. The van der Waals surface area contributed by atoms with Crippen LogP contribution >= 0.6 is 0 Å². The predicted molar refractivity (Wildman–Crippen MR) is 124 cm³/mol. The number of aliphatic carboxylic acids is 1. The fourth-order valence-corrected chi connectivity index (χ4v) is 4.84. The van der Waals surface area contributed by atoms with E-state index in [1.54, 1.807) is 4.90 Å². The predicted octanol–water partition coefficient (Wildman–Crippen LogP) is 3.79. The molecule has 1 heterocycles. The molecule has 2 N–H and O–H groups in total. The van der Waals surface area contributed by atoms with Gasteiger partial charge in [-0.1, -0.05) is 54.6 Å². The highest BCUT2D eigenvalue weighted by atomic mass is 16.5. The molecule has 1 saturated heterocycles. The van der Waals surface area contributed by atoms with Crippen molar-refractivity contribution >= 4 is 18.0 Å². The van der Waals surface area contributed by atoms with Crippen LogP contribution in [0.4, 0.5) is 4.79 Å². The topological polar surface area (TPSA) is 95.9 Å². The minimum absolute atomic E-state index is 0.0962. The molecule has 0 bridgehead atoms. The Morgan fingerprint density at radius 2 is 1.76 bits per heavy atom. The van der Waals surface area contributed by atoms with Crippen LogP contribution in [0.25, 0.3) is 11.1 Å². The molecule has 1 aliphatic carbocycles. The van der Waals surface area contributed by atoms with Crippen molar-refractivity contribution in [2.24, 2.45) is 5.92 Å². The number of hydrogen-bond donors (Lipinski definition) is 2. The van der Waals surface area contributed by atoms with Crippen molar-refractivity contribution in [1.29, 1.82) is 0 Å². The second-order valence-corrected chi connectivity index (χ2v) is 8.58. The van der Waals surface area contributed by atoms with E-state index in [2.05, 4.69) is 11.9 Å². The van der Waals surface area contributed by atoms with Gasteiger partial charge in [0.2, 0.25) is 5.91 Å². The number of carbonyl (C=O) groups excluding carboxylic acids is 2. The molecule has 7 heteroatoms. The molecule has 0 radical (unpaired) electrons. The second-order valence-electron chi connectivity index (χ2n) is 8.58. The van der Waals surface area contributed by atoms with Crippen LogP contribution in [0.1, 0.15) is 36.3 Å². The highest BCUT2D eigenvalue weighted by molar-refractivity contribution is 5.89. The largest absolute Gasteiger partial charge is 0.481 e. The highest BCUT2D eigenvalue weighted by Gasteiger charge is 2.34. The summed E-state index contributed by atoms with van der Waals surface area (Å²) in [5.74, 6) is -1.35. The quantitative estimate of drug-likeness (QED) is 0.599. The molecule has 7 nitrogen and oxygen atoms in total. The second kappa shape index (κ2) is 9.90. The van der Waals surface area contributed by atoms with Crippen LogP contribution in [0.15, 0.2) is 61.2 Å². The van der Waals surface area contributed by atoms with Crippen molar-refractivity contribution in [3.8, 4) is 11.1 Å². The van der Waals surface area contributed by atoms with Crippen LogP contribution in [0, 0.1) is 5.92 Å². The molecule has 0 saturated carbocycles. The lowest BCUT2D eigenvalue weighted by molar-refractivity contribution is -0.142. The molecule has 4 rings (SSSR count). The van der Waals surface area contributed by atoms with Crippen molar-refractivity contribution in [3.63, 3.8) is 0 Å². The third kappa shape index (κ3) is 4.92. The van der Waals surface area contributed by atoms with Gasteiger partial charge >= 0.3 is 12.1 Å². The standard InChI is InChI=1S/C26H28N2O5/c1-2-7-17-12-13-28(15-17)25(31)23(14-24(29)30)27-26(32)33-16-22-20-10-5-3-8-18(20)19-9-4-6-11-21(19)22/h2-6,8-11,17,22-23H,1,7,12-16H2,(H,27,32)(H,29,30). The molecule has 0 spiro atoms. The fourth-order valence-electron chi connectivity index (χ4n) is 4.84. The zero-order chi connectivity index (χ0) is 23.4. The van der Waals surface area contributed by atoms with Crippen LogP contribution in [0.3, 0.4) is 0 Å². The Morgan fingerprint density at radius 1 is 1.12 bits per heavy atom. The molecule has 2 aromatic rings. The average molecular weight is 449 g/mol. The Kier molecular flexibility index (Phi) is 6.77. The van der Waals surface area contributed by atoms with E-state index in [1.807, 2.05) is 54.6 Å². The summed E-state index contributed by atoms with van der Waals surface area (Å²) in [5.41, 5.74) is 4.39. The number of alkyl carbamates (subject to hydrolysis) is 1. The molecule has 2 amide bonds. The number of allylic oxidation sites excluding steroid dienone is 1. The first-order chi connectivity index (χ1) is 16.0. The van der Waals surface area contributed by atoms with Crippen molar-refractivity contribution in [3.05, 3.63) is 72.3 Å². The molecule has 1 aliphatic heterocycles. The number of rotatable bonds is 8. The Balaban J connectivity index is 1.41. The van der Waals surface area contributed by atoms with Crippen molar-refractivity contribution in [2.45, 2.75) is 31.2 Å². The Bertz CT molecular complexity index is 1020. The number of carbonyl (C=O) groups is 3. The van der Waals surface area contributed by atoms with E-state index in [-0.39, 0.29) is 12.5 Å². The zero-order valence-electron chi connectivity index (χ0n) is 18.4. The lowest BCUT2D eigenvalue weighted by atomic mass is 9.98. The van der Waals surface area contributed by atoms with Crippen LogP contribution in [-0.2, 0) is 14.3 Å². The number of carboxylic acid groups (broad SMARTS) is 1. The number of hydrogen-bond acceptors (Lipinski definition) is 4. The van der Waals surface area contributed by atoms with Crippen LogP contribution in [0.2, 0.25) is 0 Å². The summed E-state index contributed by atoms with van der Waals surface area (Å²) in [6.07, 6.45) is 2.17. The highest BCUT2D eigenvalue weighted by Crippen LogP contribution is 2.44. The summed E-state index contributed by atoms with van der Waals surface area (Å²) in [6, 6.07) is 14.8. The molecule has 1 fully saturated rings. The lowest BCUT2D eigenvalue weighted by Crippen LogP contribution is -2.49. The normalized spacial score (nSPS) is 17.7. The van der Waals surface area contributed by atoms with Gasteiger partial charge in [0.25, 0.3) is 0 Å². The number of benzene rings is 2. The van der Waals surface area contributed by atoms with Gasteiger partial charge in [0.15, 0.2) is 0 Å². The molecular weight excluding hydrogens is 420 g/mol. The maximum atomic E-state index is 12.9. The van der Waals surface area contributed by atoms with Gasteiger partial charge < -0.3 is 20.1 Å². The van der Waals surface area contributed by atoms with Crippen molar-refractivity contribution in [1.82, 2.24) is 10.2 Å². The summed E-state index contributed by atoms with van der Waals surface area (Å²) in [7, 11) is 0. The van der Waals surface area contributed by atoms with Gasteiger partial charge in [-0.05, 0) is 41.0 Å². The number of nitrogens with zero attached hydrogens (tertiary/aromatic N) is 1. The smallest absolute Gasteiger partial charge is 0.407 e. The maximum Gasteiger partial charge on any atom is 0.407 e. The first-order valence-electron chi connectivity index (χ1n) is 11.2. The summed E-state index contributed by atoms with van der Waals surface area (Å²) >= 11 is 0. The maximum absolute atomic E-state index is 12.9. The van der Waals surface area contributed by atoms with Crippen LogP contribution < -0.4 is 5.32 Å². The third-order valence-electron chi connectivity index (χ3n) is 6.41. The van der Waals surface area contributed by atoms with E-state index < -0.39 is 30.4 Å². The number of nitrogens with one attached hydrogen (secondary N) is 1. The lowest BCUT2D eigenvalue weighted by Gasteiger charge is -2.23. The number of ether oxygens (including phenoxy) is 1. The molecule has 2 atom stereocenters. The first-order valence-corrected chi connectivity index (χ1v) is 11.2. The number of likely N-dealkylation sites (tertiary alicyclic amines) is 1. The Morgan fingerprint density at radius 3 is 2.36 bits per heavy atom. The summed E-state index contributed by atoms with van der Waals surface area (Å²) in [5, 5.41) is 11.8. The van der Waals surface area contributed by atoms with Gasteiger partial charge in [-0.2, -0.15) is 0 Å². The first kappa shape index (κ1) is 22.6. The van der Waals surface area contributed by atoms with Gasteiger partial charge in [0.05, 0.1) is 6.42 Å². The molecule has 2 unspecified atom stereocenters. The fraction of sp³-hybridized carbons (Fsp3) is 0.346. The van der Waals surface area contributed by atoms with Gasteiger partial charge in [-0.15, -0.1) is 6.58 Å². The van der Waals surface area contributed by atoms with Gasteiger partial charge in [0.1, 0.15) is 12.6 Å². The monoisotopic (exact) mass is 448 g/mol. The van der Waals surface area contributed by atoms with E-state index in [1.165, 1.54) is 0 Å². The number of fused-ring (bicyclic) bond motifs is 3. The molecule has 2 aromatic carbocycles. The van der Waals surface area contributed by atoms with E-state index >= 15 is 0 Å². The minimum atomic E-state index is -1.17. The molecular formula is C26H28N2O5. The summed E-state index contributed by atoms with van der Waals surface area (Å²) in [6.45, 7) is 4.91. The van der Waals surface area contributed by atoms with Gasteiger partial charge in [0, 0.05) is 19.0 Å². The minimum Gasteiger partial charge on any atom is -0.481 e. The molecule has 172 valence electrons. The Labute approximate surface area is 193 Å². The molecule has 33 heavy (non-hydrogen) atoms. The average Bonchev–Trinajstić information content (AvgIpc) is 3.39. The van der Waals surface area contributed by atoms with E-state index in [0.717, 1.165) is 35.1 Å². The summed E-state index contributed by atoms with van der Waals surface area (Å²) in [4.78, 5) is 38.5. The zero-order valence-corrected chi connectivity index (χ0v) is 18.4. The molecule has 0 aromatic heterocycles. The van der Waals surface area contributed by atoms with Crippen molar-refractivity contribution < 1.29 is 24.2 Å². The SMILES string of the molecule is C=CCC1CCN(C(=O)C(CC(=O)O)NC(=O)OCC2c3ccccc3-c3ccccc32)C1. The van der Waals surface area contributed by atoms with Crippen molar-refractivity contribution in [2.75, 3.05) is 19.7 Å². The number of carboxylic acids is 1. The van der Waals surface area contributed by atoms with E-state index in [0.29, 0.717) is 19.0 Å².